The molecule has 2 heterocycles. The molecule has 8 aromatic rings. The molecule has 4 nitrogen and oxygen atoms in total. The number of para-hydroxylation sites is 2. The molecule has 306 valence electrons. The van der Waals surface area contributed by atoms with Gasteiger partial charge in [-0.3, -0.25) is 9.55 Å². The number of aromatic nitrogens is 3. The summed E-state index contributed by atoms with van der Waals surface area (Å²) in [5.41, 5.74) is 6.75. The maximum atomic E-state index is 11.5. The van der Waals surface area contributed by atoms with E-state index in [4.69, 9.17) is 17.3 Å². The van der Waals surface area contributed by atoms with E-state index in [2.05, 4.69) is 99.6 Å². The fourth-order valence-corrected chi connectivity index (χ4v) is 7.26. The van der Waals surface area contributed by atoms with Crippen molar-refractivity contribution < 1.29 is 39.9 Å². The number of hydrogen-bond donors (Lipinski definition) is 1. The van der Waals surface area contributed by atoms with Crippen LogP contribution in [0.25, 0.3) is 72.7 Å². The standard InChI is InChI=1S/C55H54N3O.Pt/c1-35-18-20-36(21-19-35)38-28-29-56-47(33-38)40-30-39(31-43(32-40)55(8,9)10)45-15-13-16-48-51(45)57-52(46-14-11-12-17-50(46)59)58(48)49-34-42(54(5,6)7)26-27-44(49)37-22-24-41(25-23-37)53(2,3)4;/h11-29,31-34,59H,1-10H3;/q-1;/i1D3,18D,19D,20D,21D,28D,29D,33D;. The molecule has 0 radical (unpaired) electrons. The van der Waals surface area contributed by atoms with Crippen LogP contribution in [-0.2, 0) is 37.3 Å². The number of benzene rings is 6. The molecule has 0 saturated heterocycles. The fraction of sp³-hybridized carbons (Fsp3) is 0.236. The van der Waals surface area contributed by atoms with E-state index in [9.17, 15) is 6.48 Å². The normalized spacial score (nSPS) is 14.7. The Hall–Kier alpha value is -5.57. The van der Waals surface area contributed by atoms with Gasteiger partial charge >= 0.3 is 0 Å². The topological polar surface area (TPSA) is 50.9 Å². The summed E-state index contributed by atoms with van der Waals surface area (Å²) in [6.07, 6.45) is -0.585. The number of imidazole rings is 1. The van der Waals surface area contributed by atoms with Gasteiger partial charge in [0.25, 0.3) is 0 Å². The molecule has 60 heavy (non-hydrogen) atoms. The smallest absolute Gasteiger partial charge is 0.148 e. The van der Waals surface area contributed by atoms with E-state index in [1.54, 1.807) is 18.2 Å². The first-order valence-electron chi connectivity index (χ1n) is 24.8. The summed E-state index contributed by atoms with van der Waals surface area (Å²) < 4.78 is 87.8. The molecule has 8 rings (SSSR count). The number of nitrogens with zero attached hydrogens (tertiary/aromatic N) is 3. The van der Waals surface area contributed by atoms with Gasteiger partial charge in [-0.1, -0.05) is 170 Å². The van der Waals surface area contributed by atoms with Gasteiger partial charge in [0.15, 0.2) is 0 Å². The van der Waals surface area contributed by atoms with Crippen molar-refractivity contribution in [3.63, 3.8) is 0 Å². The second kappa shape index (κ2) is 16.1. The molecule has 1 N–H and O–H groups in total. The van der Waals surface area contributed by atoms with Gasteiger partial charge in [-0.25, -0.2) is 4.98 Å². The summed E-state index contributed by atoms with van der Waals surface area (Å²) in [7, 11) is 0. The Bertz CT molecular complexity index is 3330. The molecule has 0 aliphatic heterocycles. The predicted molar refractivity (Wildman–Crippen MR) is 247 cm³/mol. The molecule has 2 aromatic heterocycles. The van der Waals surface area contributed by atoms with Crippen molar-refractivity contribution in [3.05, 3.63) is 168 Å². The van der Waals surface area contributed by atoms with Crippen molar-refractivity contribution in [2.24, 2.45) is 0 Å². The summed E-state index contributed by atoms with van der Waals surface area (Å²) in [6.45, 7) is 16.2. The Balaban J connectivity index is 0.00000722. The zero-order valence-electron chi connectivity index (χ0n) is 45.3. The average Bonchev–Trinajstić information content (AvgIpc) is 3.66. The maximum absolute atomic E-state index is 11.5. The molecule has 0 unspecified atom stereocenters. The first kappa shape index (κ1) is 31.3. The third kappa shape index (κ3) is 8.41. The molecule has 0 fully saturated rings. The van der Waals surface area contributed by atoms with Gasteiger partial charge < -0.3 is 5.11 Å². The summed E-state index contributed by atoms with van der Waals surface area (Å²) in [5, 5.41) is 11.5. The van der Waals surface area contributed by atoms with Gasteiger partial charge in [0.2, 0.25) is 0 Å². The zero-order valence-corrected chi connectivity index (χ0v) is 37.6. The molecule has 0 atom stereocenters. The van der Waals surface area contributed by atoms with Crippen molar-refractivity contribution in [2.75, 3.05) is 0 Å². The molecular formula is C55H54N3OPt-. The van der Waals surface area contributed by atoms with E-state index in [-0.39, 0.29) is 54.5 Å². The van der Waals surface area contributed by atoms with Crippen molar-refractivity contribution in [2.45, 2.75) is 85.4 Å². The Morgan fingerprint density at radius 1 is 0.617 bits per heavy atom. The number of rotatable bonds is 6. The molecule has 0 amide bonds. The minimum Gasteiger partial charge on any atom is -0.507 e. The van der Waals surface area contributed by atoms with Gasteiger partial charge in [-0.05, 0) is 81.2 Å². The SMILES string of the molecule is [2H]c1nc(-c2[c-]c(-c3cccc4c3nc(-c3ccccc3O)n4-c3cc(C(C)(C)C)ccc3-c3ccc(C(C)(C)C)cc3)cc(C(C)(C)C)c2)c([2H])c(-c2c([2H])c([2H])c(C([2H])([2H])[2H])c([2H])c2[2H])c1[2H].[Pt]. The number of phenolic OH excluding ortho intramolecular Hbond substituents is 1. The minimum atomic E-state index is -2.97. The van der Waals surface area contributed by atoms with Crippen molar-refractivity contribution in [1.29, 1.82) is 0 Å². The second-order valence-electron chi connectivity index (χ2n) is 18.2. The predicted octanol–water partition coefficient (Wildman–Crippen LogP) is 14.5. The van der Waals surface area contributed by atoms with E-state index in [0.717, 1.165) is 33.5 Å². The quantitative estimate of drug-likeness (QED) is 0.169. The molecule has 0 aliphatic rings. The first-order valence-corrected chi connectivity index (χ1v) is 19.8. The zero-order chi connectivity index (χ0) is 50.4. The van der Waals surface area contributed by atoms with E-state index >= 15 is 0 Å². The van der Waals surface area contributed by atoms with Crippen LogP contribution in [0.1, 0.15) is 98.3 Å². The van der Waals surface area contributed by atoms with E-state index in [1.165, 1.54) is 5.56 Å². The van der Waals surface area contributed by atoms with Crippen molar-refractivity contribution in [1.82, 2.24) is 14.5 Å². The number of hydrogen-bond acceptors (Lipinski definition) is 3. The fourth-order valence-electron chi connectivity index (χ4n) is 7.26. The minimum absolute atomic E-state index is 0. The third-order valence-corrected chi connectivity index (χ3v) is 10.7. The summed E-state index contributed by atoms with van der Waals surface area (Å²) in [5.74, 6) is 0.543. The number of aromatic hydroxyl groups is 1. The van der Waals surface area contributed by atoms with Crippen LogP contribution >= 0.6 is 0 Å². The van der Waals surface area contributed by atoms with Crippen LogP contribution in [-0.4, -0.2) is 19.6 Å². The van der Waals surface area contributed by atoms with E-state index in [1.807, 2.05) is 57.2 Å². The van der Waals surface area contributed by atoms with Gasteiger partial charge in [0, 0.05) is 42.6 Å². The monoisotopic (exact) mass is 977 g/mol. The Labute approximate surface area is 384 Å². The van der Waals surface area contributed by atoms with Crippen molar-refractivity contribution in [3.8, 4) is 67.5 Å². The largest absolute Gasteiger partial charge is 0.507 e. The van der Waals surface area contributed by atoms with Crippen LogP contribution in [0.5, 0.6) is 5.75 Å². The molecule has 0 spiro atoms. The average molecular weight is 978 g/mol. The maximum Gasteiger partial charge on any atom is 0.148 e. The summed E-state index contributed by atoms with van der Waals surface area (Å²) in [4.78, 5) is 9.79. The first-order chi connectivity index (χ1) is 32.1. The molecular weight excluding hydrogens is 914 g/mol. The summed E-state index contributed by atoms with van der Waals surface area (Å²) >= 11 is 0. The molecule has 0 aliphatic carbocycles. The van der Waals surface area contributed by atoms with Crippen LogP contribution in [0.3, 0.4) is 0 Å². The van der Waals surface area contributed by atoms with Gasteiger partial charge in [0.1, 0.15) is 11.6 Å². The van der Waals surface area contributed by atoms with Crippen LogP contribution in [0, 0.1) is 12.9 Å². The number of phenols is 1. The van der Waals surface area contributed by atoms with E-state index < -0.39 is 65.8 Å². The third-order valence-electron chi connectivity index (χ3n) is 10.7. The molecule has 6 aromatic carbocycles. The Kier molecular flexibility index (Phi) is 8.42. The van der Waals surface area contributed by atoms with Crippen LogP contribution in [0.4, 0.5) is 0 Å². The van der Waals surface area contributed by atoms with Crippen LogP contribution < -0.4 is 0 Å². The second-order valence-corrected chi connectivity index (χ2v) is 18.2. The van der Waals surface area contributed by atoms with E-state index in [0.29, 0.717) is 28.0 Å². The molecule has 0 bridgehead atoms. The van der Waals surface area contributed by atoms with Crippen LogP contribution in [0.2, 0.25) is 0 Å². The Morgan fingerprint density at radius 3 is 1.93 bits per heavy atom. The molecule has 0 saturated carbocycles. The van der Waals surface area contributed by atoms with Gasteiger partial charge in [-0.2, -0.15) is 0 Å². The van der Waals surface area contributed by atoms with Crippen molar-refractivity contribution >= 4 is 11.0 Å². The summed E-state index contributed by atoms with van der Waals surface area (Å²) in [6, 6.07) is 31.1. The van der Waals surface area contributed by atoms with Gasteiger partial charge in [-0.15, -0.1) is 29.3 Å². The number of fused-ring (bicyclic) bond motifs is 1. The number of pyridine rings is 1. The van der Waals surface area contributed by atoms with Gasteiger partial charge in [0.05, 0.1) is 31.9 Å². The Morgan fingerprint density at radius 2 is 1.27 bits per heavy atom. The molecule has 5 heteroatoms. The van der Waals surface area contributed by atoms with Crippen LogP contribution in [0.15, 0.2) is 139 Å².